The van der Waals surface area contributed by atoms with Gasteiger partial charge in [0.15, 0.2) is 0 Å². The Kier molecular flexibility index (Phi) is 7.99. The third kappa shape index (κ3) is 5.96. The van der Waals surface area contributed by atoms with Crippen molar-refractivity contribution in [3.05, 3.63) is 34.4 Å². The van der Waals surface area contributed by atoms with Gasteiger partial charge in [-0.15, -0.1) is 24.2 Å². The zero-order valence-electron chi connectivity index (χ0n) is 13.9. The number of nitro benzene ring substituents is 1. The molecule has 1 atom stereocenters. The highest BCUT2D eigenvalue weighted by Crippen LogP contribution is 2.28. The second-order valence-corrected chi connectivity index (χ2v) is 7.70. The largest absolute Gasteiger partial charge is 0.355 e. The first-order valence-electron chi connectivity index (χ1n) is 7.79. The number of carbonyl (C=O) groups excluding carboxylic acids is 1. The lowest BCUT2D eigenvalue weighted by Crippen LogP contribution is -2.44. The summed E-state index contributed by atoms with van der Waals surface area (Å²) in [5, 5.41) is 16.8. The number of amides is 1. The van der Waals surface area contributed by atoms with Crippen LogP contribution in [0.3, 0.4) is 0 Å². The molecule has 1 aliphatic rings. The molecule has 8 heteroatoms. The third-order valence-electron chi connectivity index (χ3n) is 4.23. The fourth-order valence-electron chi connectivity index (χ4n) is 2.56. The van der Waals surface area contributed by atoms with Crippen molar-refractivity contribution in [3.63, 3.8) is 0 Å². The zero-order chi connectivity index (χ0) is 16.9. The van der Waals surface area contributed by atoms with Gasteiger partial charge in [0.2, 0.25) is 5.91 Å². The molecule has 1 amide bonds. The molecule has 6 nitrogen and oxygen atoms in total. The van der Waals surface area contributed by atoms with Gasteiger partial charge >= 0.3 is 0 Å². The first-order valence-corrected chi connectivity index (χ1v) is 8.67. The molecule has 0 aromatic heterocycles. The lowest BCUT2D eigenvalue weighted by molar-refractivity contribution is -0.384. The van der Waals surface area contributed by atoms with Crippen molar-refractivity contribution >= 4 is 35.8 Å². The molecule has 1 aromatic carbocycles. The number of non-ortho nitro benzene ring substituents is 1. The topological polar surface area (TPSA) is 84.3 Å². The molecular weight excluding hydrogens is 350 g/mol. The van der Waals surface area contributed by atoms with E-state index in [-0.39, 0.29) is 34.7 Å². The van der Waals surface area contributed by atoms with Gasteiger partial charge in [-0.2, -0.15) is 0 Å². The van der Waals surface area contributed by atoms with Gasteiger partial charge in [0.05, 0.1) is 10.2 Å². The van der Waals surface area contributed by atoms with Gasteiger partial charge in [-0.05, 0) is 50.4 Å². The molecule has 2 N–H and O–H groups in total. The van der Waals surface area contributed by atoms with Crippen molar-refractivity contribution in [3.8, 4) is 0 Å². The van der Waals surface area contributed by atoms with Gasteiger partial charge in [-0.25, -0.2) is 0 Å². The van der Waals surface area contributed by atoms with E-state index in [4.69, 9.17) is 0 Å². The van der Waals surface area contributed by atoms with Crippen molar-refractivity contribution < 1.29 is 9.72 Å². The summed E-state index contributed by atoms with van der Waals surface area (Å²) in [6.45, 7) is 6.76. The summed E-state index contributed by atoms with van der Waals surface area (Å²) in [4.78, 5) is 23.3. The van der Waals surface area contributed by atoms with E-state index in [0.29, 0.717) is 6.54 Å². The maximum Gasteiger partial charge on any atom is 0.269 e. The highest BCUT2D eigenvalue weighted by Gasteiger charge is 2.27. The minimum Gasteiger partial charge on any atom is -0.355 e. The van der Waals surface area contributed by atoms with Crippen LogP contribution in [0, 0.1) is 15.5 Å². The number of piperidine rings is 1. The Bertz CT molecular complexity index is 562. The molecule has 0 saturated carbocycles. The van der Waals surface area contributed by atoms with E-state index in [2.05, 4.69) is 17.6 Å². The lowest BCUT2D eigenvalue weighted by atomic mass is 9.81. The molecule has 0 aliphatic carbocycles. The average Bonchev–Trinajstić information content (AvgIpc) is 2.54. The van der Waals surface area contributed by atoms with Crippen LogP contribution in [0.25, 0.3) is 0 Å². The highest BCUT2D eigenvalue weighted by molar-refractivity contribution is 8.00. The Labute approximate surface area is 152 Å². The molecule has 1 heterocycles. The van der Waals surface area contributed by atoms with Gasteiger partial charge in [0.1, 0.15) is 0 Å². The van der Waals surface area contributed by atoms with Crippen LogP contribution in [0.2, 0.25) is 0 Å². The number of carbonyl (C=O) groups is 1. The Balaban J connectivity index is 0.00000288. The maximum atomic E-state index is 12.3. The Morgan fingerprint density at radius 2 is 1.96 bits per heavy atom. The van der Waals surface area contributed by atoms with Crippen LogP contribution in [0.5, 0.6) is 0 Å². The van der Waals surface area contributed by atoms with Gasteiger partial charge in [0.25, 0.3) is 5.69 Å². The summed E-state index contributed by atoms with van der Waals surface area (Å²) in [7, 11) is 0. The smallest absolute Gasteiger partial charge is 0.269 e. The molecule has 0 bridgehead atoms. The maximum absolute atomic E-state index is 12.3. The van der Waals surface area contributed by atoms with Crippen molar-refractivity contribution in [2.45, 2.75) is 36.8 Å². The van der Waals surface area contributed by atoms with Crippen molar-refractivity contribution in [1.82, 2.24) is 10.6 Å². The summed E-state index contributed by atoms with van der Waals surface area (Å²) in [5.74, 6) is 0.00751. The molecule has 0 radical (unpaired) electrons. The molecule has 134 valence electrons. The SMILES string of the molecule is CC(Sc1ccc([N+](=O)[O-])cc1)C(=O)NCC1(C)CCNCC1.Cl. The van der Waals surface area contributed by atoms with E-state index in [1.165, 1.54) is 23.9 Å². The van der Waals surface area contributed by atoms with E-state index in [1.807, 2.05) is 6.92 Å². The standard InChI is InChI=1S/C16H23N3O3S.ClH/c1-12(23-14-5-3-13(4-6-14)19(21)22)15(20)18-11-16(2)7-9-17-10-8-16;/h3-6,12,17H,7-11H2,1-2H3,(H,18,20);1H. The number of hydrogen-bond acceptors (Lipinski definition) is 5. The number of rotatable bonds is 6. The van der Waals surface area contributed by atoms with Gasteiger partial charge in [-0.3, -0.25) is 14.9 Å². The van der Waals surface area contributed by atoms with E-state index in [9.17, 15) is 14.9 Å². The van der Waals surface area contributed by atoms with E-state index < -0.39 is 4.92 Å². The number of nitrogens with one attached hydrogen (secondary N) is 2. The van der Waals surface area contributed by atoms with E-state index in [1.54, 1.807) is 12.1 Å². The van der Waals surface area contributed by atoms with Crippen LogP contribution >= 0.6 is 24.2 Å². The van der Waals surface area contributed by atoms with Gasteiger partial charge in [-0.1, -0.05) is 6.92 Å². The van der Waals surface area contributed by atoms with Crippen LogP contribution in [0.4, 0.5) is 5.69 Å². The van der Waals surface area contributed by atoms with E-state index >= 15 is 0 Å². The fraction of sp³-hybridized carbons (Fsp3) is 0.562. The van der Waals surface area contributed by atoms with E-state index in [0.717, 1.165) is 30.8 Å². The highest BCUT2D eigenvalue weighted by atomic mass is 35.5. The molecule has 1 saturated heterocycles. The molecule has 1 fully saturated rings. The number of benzene rings is 1. The summed E-state index contributed by atoms with van der Waals surface area (Å²) in [6, 6.07) is 6.29. The number of halogens is 1. The Morgan fingerprint density at radius 3 is 2.50 bits per heavy atom. The fourth-order valence-corrected chi connectivity index (χ4v) is 3.45. The first-order chi connectivity index (χ1) is 10.9. The summed E-state index contributed by atoms with van der Waals surface area (Å²) < 4.78 is 0. The predicted molar refractivity (Wildman–Crippen MR) is 98.9 cm³/mol. The Hall–Kier alpha value is -1.31. The Morgan fingerprint density at radius 1 is 1.38 bits per heavy atom. The lowest BCUT2D eigenvalue weighted by Gasteiger charge is -2.34. The molecule has 1 aliphatic heterocycles. The first kappa shape index (κ1) is 20.7. The van der Waals surface area contributed by atoms with Crippen molar-refractivity contribution in [1.29, 1.82) is 0 Å². The number of nitro groups is 1. The molecule has 24 heavy (non-hydrogen) atoms. The summed E-state index contributed by atoms with van der Waals surface area (Å²) in [5.41, 5.74) is 0.226. The normalized spacial score (nSPS) is 17.4. The molecular formula is C16H24ClN3O3S. The quantitative estimate of drug-likeness (QED) is 0.455. The van der Waals surface area contributed by atoms with Crippen LogP contribution < -0.4 is 10.6 Å². The minimum absolute atomic E-state index is 0. The second-order valence-electron chi connectivity index (χ2n) is 6.29. The molecule has 1 unspecified atom stereocenters. The number of thioether (sulfide) groups is 1. The van der Waals surface area contributed by atoms with Gasteiger partial charge in [0, 0.05) is 23.6 Å². The number of hydrogen-bond donors (Lipinski definition) is 2. The summed E-state index contributed by atoms with van der Waals surface area (Å²) in [6.07, 6.45) is 2.13. The number of nitrogens with zero attached hydrogens (tertiary/aromatic N) is 1. The van der Waals surface area contributed by atoms with Crippen LogP contribution in [0.15, 0.2) is 29.2 Å². The van der Waals surface area contributed by atoms with Crippen LogP contribution in [-0.4, -0.2) is 35.7 Å². The summed E-state index contributed by atoms with van der Waals surface area (Å²) >= 11 is 1.41. The molecule has 2 rings (SSSR count). The zero-order valence-corrected chi connectivity index (χ0v) is 15.5. The second kappa shape index (κ2) is 9.25. The molecule has 0 spiro atoms. The van der Waals surface area contributed by atoms with Crippen molar-refractivity contribution in [2.24, 2.45) is 5.41 Å². The minimum atomic E-state index is -0.426. The monoisotopic (exact) mass is 373 g/mol. The van der Waals surface area contributed by atoms with Crippen molar-refractivity contribution in [2.75, 3.05) is 19.6 Å². The third-order valence-corrected chi connectivity index (χ3v) is 5.34. The van der Waals surface area contributed by atoms with Crippen LogP contribution in [-0.2, 0) is 4.79 Å². The van der Waals surface area contributed by atoms with Gasteiger partial charge < -0.3 is 10.6 Å². The average molecular weight is 374 g/mol. The predicted octanol–water partition coefficient (Wildman–Crippen LogP) is 3.00. The molecule has 1 aromatic rings. The van der Waals surface area contributed by atoms with Crippen LogP contribution in [0.1, 0.15) is 26.7 Å².